The molecule has 0 saturated heterocycles. The van der Waals surface area contributed by atoms with Crippen molar-refractivity contribution in [1.29, 1.82) is 0 Å². The third-order valence-electron chi connectivity index (χ3n) is 10.4. The first kappa shape index (κ1) is 31.4. The molecule has 7 rings (SSSR count). The minimum atomic E-state index is -1.64. The molecule has 5 aromatic rings. The van der Waals surface area contributed by atoms with E-state index >= 15 is 0 Å². The lowest BCUT2D eigenvalue weighted by Crippen LogP contribution is -2.54. The summed E-state index contributed by atoms with van der Waals surface area (Å²) in [6.45, 7) is 21.6. The summed E-state index contributed by atoms with van der Waals surface area (Å²) in [6.07, 6.45) is 15.6. The third kappa shape index (κ3) is 5.59. The van der Waals surface area contributed by atoms with E-state index in [0.29, 0.717) is 17.8 Å². The van der Waals surface area contributed by atoms with Crippen molar-refractivity contribution >= 4 is 19.0 Å². The average molecular weight is 637 g/mol. The monoisotopic (exact) mass is 636 g/mol. The van der Waals surface area contributed by atoms with Gasteiger partial charge in [-0.25, -0.2) is 0 Å². The maximum Gasteiger partial charge on any atom is 0.218 e. The first-order chi connectivity index (χ1) is 22.5. The van der Waals surface area contributed by atoms with Crippen LogP contribution in [0.5, 0.6) is 0 Å². The predicted octanol–water partition coefficient (Wildman–Crippen LogP) is 8.99. The molecule has 0 saturated carbocycles. The normalized spacial score (nSPS) is 17.4. The van der Waals surface area contributed by atoms with E-state index in [1.165, 1.54) is 50.3 Å². The van der Waals surface area contributed by atoms with Gasteiger partial charge in [-0.3, -0.25) is 9.97 Å². The van der Waals surface area contributed by atoms with Gasteiger partial charge in [0.2, 0.25) is 11.4 Å². The zero-order valence-electron chi connectivity index (χ0n) is 29.1. The molecule has 0 bridgehead atoms. The number of rotatable bonds is 4. The summed E-state index contributed by atoms with van der Waals surface area (Å²) in [6, 6.07) is 20.8. The van der Waals surface area contributed by atoms with Crippen LogP contribution in [0.25, 0.3) is 39.3 Å². The molecule has 4 aromatic heterocycles. The number of benzene rings is 1. The molecule has 238 valence electrons. The highest BCUT2D eigenvalue weighted by molar-refractivity contribution is 6.89. The van der Waals surface area contributed by atoms with Crippen LogP contribution in [0.1, 0.15) is 86.6 Å². The van der Waals surface area contributed by atoms with Crippen LogP contribution in [0.2, 0.25) is 19.6 Å². The summed E-state index contributed by atoms with van der Waals surface area (Å²) < 4.78 is 5.05. The second-order valence-electron chi connectivity index (χ2n) is 15.2. The molecule has 0 radical (unpaired) electrons. The summed E-state index contributed by atoms with van der Waals surface area (Å²) in [5.74, 6) is 1.17. The molecule has 0 fully saturated rings. The standard InChI is InChI=1S/C42H48N4Si/c1-27(2)36-21-40-32-17-19-44-24-31(32)15-16-35-33-13-9-10-14-34(33)41-22-37(28(3)4)42(47(6,7)8)26-46(41)39(35)20-29(5)45(40)25-38(36)30-12-11-18-43-23-30/h9-14,17-19,21-28,35,39H,5,15-16,20H2,1-4,6-8H3/q+2. The van der Waals surface area contributed by atoms with E-state index in [1.54, 1.807) is 5.19 Å². The number of aryl methyl sites for hydroxylation is 1. The highest BCUT2D eigenvalue weighted by Crippen LogP contribution is 2.45. The summed E-state index contributed by atoms with van der Waals surface area (Å²) in [5, 5.41) is 1.57. The smallest absolute Gasteiger partial charge is 0.218 e. The fourth-order valence-electron chi connectivity index (χ4n) is 8.03. The Kier molecular flexibility index (Phi) is 8.08. The van der Waals surface area contributed by atoms with Crippen LogP contribution >= 0.6 is 0 Å². The van der Waals surface area contributed by atoms with Crippen molar-refractivity contribution in [2.45, 2.75) is 90.4 Å². The molecular weight excluding hydrogens is 589 g/mol. The zero-order valence-corrected chi connectivity index (χ0v) is 30.1. The Morgan fingerprint density at radius 2 is 1.53 bits per heavy atom. The number of hydrogen-bond acceptors (Lipinski definition) is 2. The van der Waals surface area contributed by atoms with Crippen LogP contribution in [0.15, 0.2) is 98.4 Å². The third-order valence-corrected chi connectivity index (χ3v) is 12.5. The molecule has 6 heterocycles. The van der Waals surface area contributed by atoms with Crippen molar-refractivity contribution in [3.63, 3.8) is 0 Å². The molecule has 1 aromatic carbocycles. The van der Waals surface area contributed by atoms with Crippen molar-refractivity contribution in [3.8, 4) is 33.6 Å². The van der Waals surface area contributed by atoms with E-state index in [0.717, 1.165) is 30.5 Å². The summed E-state index contributed by atoms with van der Waals surface area (Å²) in [5.41, 5.74) is 14.2. The van der Waals surface area contributed by atoms with Gasteiger partial charge in [0.05, 0.1) is 25.6 Å². The van der Waals surface area contributed by atoms with Gasteiger partial charge in [-0.1, -0.05) is 71.6 Å². The van der Waals surface area contributed by atoms with Crippen molar-refractivity contribution in [1.82, 2.24) is 9.97 Å². The molecule has 0 N–H and O–H groups in total. The van der Waals surface area contributed by atoms with Gasteiger partial charge in [0.15, 0.2) is 24.1 Å². The Balaban J connectivity index is 1.48. The lowest BCUT2D eigenvalue weighted by atomic mass is 9.77. The molecule has 0 aliphatic carbocycles. The molecule has 2 atom stereocenters. The van der Waals surface area contributed by atoms with Gasteiger partial charge >= 0.3 is 0 Å². The fraction of sp³-hybridized carbons (Fsp3) is 0.333. The lowest BCUT2D eigenvalue weighted by molar-refractivity contribution is -0.719. The Hall–Kier alpha value is -4.22. The van der Waals surface area contributed by atoms with E-state index < -0.39 is 8.07 Å². The minimum Gasteiger partial charge on any atom is -0.264 e. The van der Waals surface area contributed by atoms with E-state index in [-0.39, 0.29) is 6.04 Å². The van der Waals surface area contributed by atoms with Gasteiger partial charge in [0.1, 0.15) is 0 Å². The quantitative estimate of drug-likeness (QED) is 0.146. The van der Waals surface area contributed by atoms with E-state index in [4.69, 9.17) is 6.58 Å². The molecule has 0 amide bonds. The highest BCUT2D eigenvalue weighted by Gasteiger charge is 2.44. The second-order valence-corrected chi connectivity index (χ2v) is 20.3. The number of pyridine rings is 4. The molecule has 2 aliphatic heterocycles. The van der Waals surface area contributed by atoms with Gasteiger partial charge in [-0.2, -0.15) is 9.13 Å². The SMILES string of the molecule is C=C1CC2C(CCc3cnccc3-c3cc(C(C)C)c(-c4cccnc4)c[n+]31)c1ccccc1-c1cc(C(C)C)c([Si](C)(C)C)c[n+]12. The van der Waals surface area contributed by atoms with Gasteiger partial charge in [0, 0.05) is 59.2 Å². The minimum absolute atomic E-state index is 0.244. The maximum atomic E-state index is 4.88. The molecule has 0 spiro atoms. The highest BCUT2D eigenvalue weighted by atomic mass is 28.3. The van der Waals surface area contributed by atoms with E-state index in [9.17, 15) is 0 Å². The number of aromatic nitrogens is 4. The molecule has 5 heteroatoms. The first-order valence-electron chi connectivity index (χ1n) is 17.3. The first-order valence-corrected chi connectivity index (χ1v) is 20.8. The summed E-state index contributed by atoms with van der Waals surface area (Å²) in [7, 11) is -1.64. The number of hydrogen-bond donors (Lipinski definition) is 0. The van der Waals surface area contributed by atoms with Crippen LogP contribution < -0.4 is 14.3 Å². The predicted molar refractivity (Wildman–Crippen MR) is 196 cm³/mol. The van der Waals surface area contributed by atoms with Gasteiger partial charge in [-0.15, -0.1) is 0 Å². The lowest BCUT2D eigenvalue weighted by Gasteiger charge is -2.33. The maximum absolute atomic E-state index is 4.88. The van der Waals surface area contributed by atoms with E-state index in [2.05, 4.69) is 134 Å². The van der Waals surface area contributed by atoms with Crippen molar-refractivity contribution in [2.75, 3.05) is 0 Å². The molecule has 2 aliphatic rings. The summed E-state index contributed by atoms with van der Waals surface area (Å²) in [4.78, 5) is 9.14. The largest absolute Gasteiger partial charge is 0.264 e. The number of allylic oxidation sites excluding steroid dienone is 1. The average Bonchev–Trinajstić information content (AvgIpc) is 3.06. The van der Waals surface area contributed by atoms with Gasteiger partial charge in [-0.05, 0) is 71.7 Å². The van der Waals surface area contributed by atoms with Crippen LogP contribution in [0, 0.1) is 0 Å². The Bertz CT molecular complexity index is 1990. The van der Waals surface area contributed by atoms with Crippen LogP contribution in [0.4, 0.5) is 0 Å². The molecule has 2 unspecified atom stereocenters. The Morgan fingerprint density at radius 1 is 0.787 bits per heavy atom. The van der Waals surface area contributed by atoms with Crippen LogP contribution in [-0.2, 0) is 6.42 Å². The Morgan fingerprint density at radius 3 is 2.26 bits per heavy atom. The fourth-order valence-corrected chi connectivity index (χ4v) is 9.78. The Labute approximate surface area is 281 Å². The number of nitrogens with zero attached hydrogens (tertiary/aromatic N) is 4. The summed E-state index contributed by atoms with van der Waals surface area (Å²) >= 11 is 0. The molecule has 47 heavy (non-hydrogen) atoms. The zero-order chi connectivity index (χ0) is 33.0. The van der Waals surface area contributed by atoms with Crippen LogP contribution in [-0.4, -0.2) is 18.0 Å². The second kappa shape index (κ2) is 12.1. The topological polar surface area (TPSA) is 33.5 Å². The van der Waals surface area contributed by atoms with Crippen molar-refractivity contribution in [2.24, 2.45) is 0 Å². The van der Waals surface area contributed by atoms with Crippen molar-refractivity contribution < 1.29 is 9.13 Å². The molecule has 4 nitrogen and oxygen atoms in total. The van der Waals surface area contributed by atoms with E-state index in [1.807, 2.05) is 24.7 Å². The van der Waals surface area contributed by atoms with Crippen LogP contribution in [0.3, 0.4) is 0 Å². The molecular formula is C42H48N4Si+2. The van der Waals surface area contributed by atoms with Gasteiger partial charge in [0.25, 0.3) is 0 Å². The number of fused-ring (bicyclic) bond motifs is 9. The van der Waals surface area contributed by atoms with Gasteiger partial charge < -0.3 is 0 Å². The van der Waals surface area contributed by atoms with Crippen molar-refractivity contribution in [3.05, 3.63) is 121 Å².